The number of aromatic nitrogens is 2. The number of aryl methyl sites for hydroxylation is 2. The molecule has 0 unspecified atom stereocenters. The molecule has 0 saturated carbocycles. The molecular weight excluding hydrogens is 252 g/mol. The van der Waals surface area contributed by atoms with Crippen molar-refractivity contribution in [3.63, 3.8) is 0 Å². The van der Waals surface area contributed by atoms with Gasteiger partial charge in [0.2, 0.25) is 0 Å². The van der Waals surface area contributed by atoms with Crippen LogP contribution in [0.25, 0.3) is 11.3 Å². The van der Waals surface area contributed by atoms with Crippen LogP contribution < -0.4 is 10.3 Å². The summed E-state index contributed by atoms with van der Waals surface area (Å²) in [6.45, 7) is 7.81. The number of benzene rings is 1. The zero-order valence-corrected chi connectivity index (χ0v) is 12.6. The molecule has 0 aliphatic carbocycles. The van der Waals surface area contributed by atoms with Crippen molar-refractivity contribution in [3.05, 3.63) is 45.0 Å². The number of nitrogens with one attached hydrogen (secondary N) is 1. The fraction of sp³-hybridized carbons (Fsp3) is 0.375. The van der Waals surface area contributed by atoms with E-state index in [0.29, 0.717) is 23.5 Å². The second kappa shape index (κ2) is 5.49. The van der Waals surface area contributed by atoms with E-state index in [1.54, 1.807) is 14.0 Å². The Morgan fingerprint density at radius 1 is 1.20 bits per heavy atom. The molecule has 0 fully saturated rings. The lowest BCUT2D eigenvalue weighted by Gasteiger charge is -2.14. The third-order valence-electron chi connectivity index (χ3n) is 3.67. The lowest BCUT2D eigenvalue weighted by Crippen LogP contribution is -2.16. The van der Waals surface area contributed by atoms with Crippen LogP contribution >= 0.6 is 0 Å². The minimum atomic E-state index is -0.0906. The second-order valence-electron chi connectivity index (χ2n) is 4.93. The Balaban J connectivity index is 2.78. The van der Waals surface area contributed by atoms with E-state index in [1.165, 1.54) is 0 Å². The highest BCUT2D eigenvalue weighted by Gasteiger charge is 2.16. The van der Waals surface area contributed by atoms with Crippen molar-refractivity contribution in [1.29, 1.82) is 0 Å². The average Bonchev–Trinajstić information content (AvgIpc) is 2.44. The minimum absolute atomic E-state index is 0.0906. The van der Waals surface area contributed by atoms with Crippen LogP contribution in [0.5, 0.6) is 5.75 Å². The predicted octanol–water partition coefficient (Wildman–Crippen LogP) is 2.93. The van der Waals surface area contributed by atoms with Gasteiger partial charge in [0.15, 0.2) is 0 Å². The third-order valence-corrected chi connectivity index (χ3v) is 3.67. The summed E-state index contributed by atoms with van der Waals surface area (Å²) in [5.74, 6) is 1.48. The number of ether oxygens (including phenoxy) is 1. The van der Waals surface area contributed by atoms with Crippen LogP contribution in [-0.2, 0) is 6.42 Å². The standard InChI is InChI=1S/C16H20N2O2/c1-6-13-17-14(11(4)16(19)18-13)12-8-7-9(2)10(3)15(12)20-5/h7-8H,6H2,1-5H3,(H,17,18,19). The smallest absolute Gasteiger partial charge is 0.254 e. The molecule has 0 aliphatic rings. The first kappa shape index (κ1) is 14.3. The van der Waals surface area contributed by atoms with Gasteiger partial charge in [0, 0.05) is 17.5 Å². The highest BCUT2D eigenvalue weighted by Crippen LogP contribution is 2.34. The Hall–Kier alpha value is -2.10. The average molecular weight is 272 g/mol. The molecule has 0 radical (unpaired) electrons. The summed E-state index contributed by atoms with van der Waals surface area (Å²) in [5.41, 5.74) is 4.32. The van der Waals surface area contributed by atoms with Crippen LogP contribution in [0.2, 0.25) is 0 Å². The Labute approximate surface area is 118 Å². The van der Waals surface area contributed by atoms with Crippen molar-refractivity contribution in [2.75, 3.05) is 7.11 Å². The topological polar surface area (TPSA) is 55.0 Å². The van der Waals surface area contributed by atoms with Gasteiger partial charge in [0.25, 0.3) is 5.56 Å². The molecule has 1 heterocycles. The lowest BCUT2D eigenvalue weighted by molar-refractivity contribution is 0.412. The molecule has 0 saturated heterocycles. The van der Waals surface area contributed by atoms with Gasteiger partial charge in [-0.25, -0.2) is 4.98 Å². The zero-order chi connectivity index (χ0) is 14.9. The van der Waals surface area contributed by atoms with E-state index in [4.69, 9.17) is 4.74 Å². The van der Waals surface area contributed by atoms with Gasteiger partial charge in [-0.3, -0.25) is 4.79 Å². The largest absolute Gasteiger partial charge is 0.496 e. The molecule has 20 heavy (non-hydrogen) atoms. The summed E-state index contributed by atoms with van der Waals surface area (Å²) in [5, 5.41) is 0. The minimum Gasteiger partial charge on any atom is -0.496 e. The quantitative estimate of drug-likeness (QED) is 0.934. The predicted molar refractivity (Wildman–Crippen MR) is 80.4 cm³/mol. The molecule has 2 rings (SSSR count). The van der Waals surface area contributed by atoms with E-state index >= 15 is 0 Å². The van der Waals surface area contributed by atoms with E-state index in [0.717, 1.165) is 22.4 Å². The van der Waals surface area contributed by atoms with Crippen molar-refractivity contribution in [1.82, 2.24) is 9.97 Å². The molecule has 0 aliphatic heterocycles. The summed E-state index contributed by atoms with van der Waals surface area (Å²) in [4.78, 5) is 19.4. The van der Waals surface area contributed by atoms with Gasteiger partial charge >= 0.3 is 0 Å². The molecule has 0 spiro atoms. The third kappa shape index (κ3) is 2.33. The summed E-state index contributed by atoms with van der Waals surface area (Å²) < 4.78 is 5.53. The summed E-state index contributed by atoms with van der Waals surface area (Å²) >= 11 is 0. The van der Waals surface area contributed by atoms with Crippen molar-refractivity contribution < 1.29 is 4.74 Å². The molecular formula is C16H20N2O2. The van der Waals surface area contributed by atoms with E-state index < -0.39 is 0 Å². The van der Waals surface area contributed by atoms with Gasteiger partial charge in [-0.15, -0.1) is 0 Å². The van der Waals surface area contributed by atoms with Crippen LogP contribution in [0.1, 0.15) is 29.4 Å². The van der Waals surface area contributed by atoms with E-state index in [-0.39, 0.29) is 5.56 Å². The number of methoxy groups -OCH3 is 1. The van der Waals surface area contributed by atoms with E-state index in [1.807, 2.05) is 32.9 Å². The van der Waals surface area contributed by atoms with Crippen LogP contribution in [0, 0.1) is 20.8 Å². The van der Waals surface area contributed by atoms with Crippen LogP contribution in [0.4, 0.5) is 0 Å². The van der Waals surface area contributed by atoms with Gasteiger partial charge in [0.1, 0.15) is 11.6 Å². The molecule has 1 aromatic carbocycles. The van der Waals surface area contributed by atoms with Crippen LogP contribution in [-0.4, -0.2) is 17.1 Å². The highest BCUT2D eigenvalue weighted by atomic mass is 16.5. The van der Waals surface area contributed by atoms with Crippen LogP contribution in [0.15, 0.2) is 16.9 Å². The maximum atomic E-state index is 12.0. The van der Waals surface area contributed by atoms with E-state index in [2.05, 4.69) is 9.97 Å². The van der Waals surface area contributed by atoms with Gasteiger partial charge in [-0.05, 0) is 38.0 Å². The Bertz CT molecular complexity index is 702. The Morgan fingerprint density at radius 3 is 2.50 bits per heavy atom. The molecule has 2 aromatic rings. The molecule has 4 heteroatoms. The number of hydrogen-bond donors (Lipinski definition) is 1. The maximum Gasteiger partial charge on any atom is 0.254 e. The summed E-state index contributed by atoms with van der Waals surface area (Å²) in [7, 11) is 1.65. The van der Waals surface area contributed by atoms with E-state index in [9.17, 15) is 4.79 Å². The van der Waals surface area contributed by atoms with Gasteiger partial charge in [0.05, 0.1) is 12.8 Å². The van der Waals surface area contributed by atoms with Crippen molar-refractivity contribution in [2.24, 2.45) is 0 Å². The number of nitrogens with zero attached hydrogens (tertiary/aromatic N) is 1. The molecule has 1 N–H and O–H groups in total. The number of H-pyrrole nitrogens is 1. The number of hydrogen-bond acceptors (Lipinski definition) is 3. The summed E-state index contributed by atoms with van der Waals surface area (Å²) in [6.07, 6.45) is 0.690. The van der Waals surface area contributed by atoms with Crippen molar-refractivity contribution in [2.45, 2.75) is 34.1 Å². The fourth-order valence-corrected chi connectivity index (χ4v) is 2.25. The molecule has 106 valence electrons. The molecule has 0 bridgehead atoms. The molecule has 4 nitrogen and oxygen atoms in total. The monoisotopic (exact) mass is 272 g/mol. The lowest BCUT2D eigenvalue weighted by atomic mass is 10.00. The number of aromatic amines is 1. The van der Waals surface area contributed by atoms with Gasteiger partial charge < -0.3 is 9.72 Å². The summed E-state index contributed by atoms with van der Waals surface area (Å²) in [6, 6.07) is 4.00. The highest BCUT2D eigenvalue weighted by molar-refractivity contribution is 5.72. The number of rotatable bonds is 3. The first-order chi connectivity index (χ1) is 9.49. The Morgan fingerprint density at radius 2 is 1.90 bits per heavy atom. The SMILES string of the molecule is CCc1nc(-c2ccc(C)c(C)c2OC)c(C)c(=O)[nH]1. The molecule has 0 amide bonds. The Kier molecular flexibility index (Phi) is 3.93. The zero-order valence-electron chi connectivity index (χ0n) is 12.6. The van der Waals surface area contributed by atoms with Crippen LogP contribution in [0.3, 0.4) is 0 Å². The second-order valence-corrected chi connectivity index (χ2v) is 4.93. The van der Waals surface area contributed by atoms with Crippen molar-refractivity contribution in [3.8, 4) is 17.0 Å². The van der Waals surface area contributed by atoms with Crippen molar-refractivity contribution >= 4 is 0 Å². The van der Waals surface area contributed by atoms with Gasteiger partial charge in [-0.2, -0.15) is 0 Å². The normalized spacial score (nSPS) is 10.7. The molecule has 1 aromatic heterocycles. The molecule has 0 atom stereocenters. The first-order valence-corrected chi connectivity index (χ1v) is 6.74. The first-order valence-electron chi connectivity index (χ1n) is 6.74. The fourth-order valence-electron chi connectivity index (χ4n) is 2.25. The van der Waals surface area contributed by atoms with Gasteiger partial charge in [-0.1, -0.05) is 13.0 Å². The maximum absolute atomic E-state index is 12.0.